The van der Waals surface area contributed by atoms with E-state index in [2.05, 4.69) is 21.0 Å². The van der Waals surface area contributed by atoms with Crippen LogP contribution in [0.3, 0.4) is 0 Å². The van der Waals surface area contributed by atoms with Crippen LogP contribution in [-0.2, 0) is 6.54 Å². The standard InChI is InChI=1S/C14H13BrN4O/c1-9-6-13-14(20)18(4-5-19(13)17-9)8-10-2-3-11(15)7-12(10)16/h2-7H,8,16H2,1H3. The molecule has 0 saturated carbocycles. The molecule has 20 heavy (non-hydrogen) atoms. The van der Waals surface area contributed by atoms with E-state index < -0.39 is 0 Å². The molecule has 2 heterocycles. The molecule has 0 unspecified atom stereocenters. The normalized spacial score (nSPS) is 11.1. The molecule has 0 aliphatic carbocycles. The lowest BCUT2D eigenvalue weighted by atomic mass is 10.2. The number of hydrogen-bond acceptors (Lipinski definition) is 3. The summed E-state index contributed by atoms with van der Waals surface area (Å²) in [7, 11) is 0. The maximum absolute atomic E-state index is 12.4. The van der Waals surface area contributed by atoms with Crippen molar-refractivity contribution >= 4 is 27.1 Å². The van der Waals surface area contributed by atoms with Crippen molar-refractivity contribution in [2.24, 2.45) is 0 Å². The number of anilines is 1. The van der Waals surface area contributed by atoms with Gasteiger partial charge in [-0.2, -0.15) is 5.10 Å². The van der Waals surface area contributed by atoms with E-state index in [1.807, 2.05) is 25.1 Å². The van der Waals surface area contributed by atoms with E-state index in [0.29, 0.717) is 17.7 Å². The second-order valence-corrected chi connectivity index (χ2v) is 5.61. The van der Waals surface area contributed by atoms with Gasteiger partial charge in [-0.25, -0.2) is 4.52 Å². The molecule has 0 fully saturated rings. The number of benzene rings is 1. The van der Waals surface area contributed by atoms with Gasteiger partial charge in [0, 0.05) is 22.6 Å². The smallest absolute Gasteiger partial charge is 0.276 e. The number of rotatable bonds is 2. The highest BCUT2D eigenvalue weighted by atomic mass is 79.9. The van der Waals surface area contributed by atoms with Crippen LogP contribution < -0.4 is 11.3 Å². The maximum Gasteiger partial charge on any atom is 0.276 e. The van der Waals surface area contributed by atoms with Gasteiger partial charge in [0.2, 0.25) is 0 Å². The van der Waals surface area contributed by atoms with Crippen molar-refractivity contribution in [2.75, 3.05) is 5.73 Å². The van der Waals surface area contributed by atoms with E-state index in [1.165, 1.54) is 0 Å². The molecule has 0 saturated heterocycles. The Balaban J connectivity index is 2.06. The van der Waals surface area contributed by atoms with Crippen LogP contribution in [0.2, 0.25) is 0 Å². The van der Waals surface area contributed by atoms with Crippen LogP contribution in [0.15, 0.2) is 45.9 Å². The first-order valence-corrected chi connectivity index (χ1v) is 6.93. The minimum atomic E-state index is -0.0737. The number of hydrogen-bond donors (Lipinski definition) is 1. The predicted octanol–water partition coefficient (Wildman–Crippen LogP) is 2.20. The van der Waals surface area contributed by atoms with E-state index >= 15 is 0 Å². The summed E-state index contributed by atoms with van der Waals surface area (Å²) in [5.74, 6) is 0. The molecule has 102 valence electrons. The molecule has 3 rings (SSSR count). The van der Waals surface area contributed by atoms with Crippen LogP contribution >= 0.6 is 15.9 Å². The number of nitrogen functional groups attached to an aromatic ring is 1. The quantitative estimate of drug-likeness (QED) is 0.731. The molecule has 0 aliphatic rings. The highest BCUT2D eigenvalue weighted by molar-refractivity contribution is 9.10. The van der Waals surface area contributed by atoms with Crippen LogP contribution in [0, 0.1) is 6.92 Å². The zero-order valence-electron chi connectivity index (χ0n) is 10.9. The van der Waals surface area contributed by atoms with Gasteiger partial charge >= 0.3 is 0 Å². The summed E-state index contributed by atoms with van der Waals surface area (Å²) in [6, 6.07) is 7.45. The highest BCUT2D eigenvalue weighted by Crippen LogP contribution is 2.19. The van der Waals surface area contributed by atoms with Crippen molar-refractivity contribution in [1.82, 2.24) is 14.2 Å². The van der Waals surface area contributed by atoms with Crippen molar-refractivity contribution in [2.45, 2.75) is 13.5 Å². The molecular weight excluding hydrogens is 320 g/mol. The molecule has 2 N–H and O–H groups in total. The molecule has 0 radical (unpaired) electrons. The SMILES string of the molecule is Cc1cc2c(=O)n(Cc3ccc(Br)cc3N)ccn2n1. The monoisotopic (exact) mass is 332 g/mol. The molecule has 0 bridgehead atoms. The molecule has 0 spiro atoms. The Kier molecular flexibility index (Phi) is 3.10. The lowest BCUT2D eigenvalue weighted by Gasteiger charge is -2.09. The zero-order chi connectivity index (χ0) is 14.3. The van der Waals surface area contributed by atoms with Crippen LogP contribution in [0.25, 0.3) is 5.52 Å². The molecule has 5 nitrogen and oxygen atoms in total. The average Bonchev–Trinajstić information content (AvgIpc) is 2.77. The summed E-state index contributed by atoms with van der Waals surface area (Å²) < 4.78 is 4.16. The van der Waals surface area contributed by atoms with E-state index in [9.17, 15) is 4.79 Å². The minimum Gasteiger partial charge on any atom is -0.398 e. The van der Waals surface area contributed by atoms with E-state index in [0.717, 1.165) is 15.7 Å². The fraction of sp³-hybridized carbons (Fsp3) is 0.143. The van der Waals surface area contributed by atoms with Gasteiger partial charge in [0.25, 0.3) is 5.56 Å². The first-order chi connectivity index (χ1) is 9.54. The number of aromatic nitrogens is 3. The van der Waals surface area contributed by atoms with E-state index in [-0.39, 0.29) is 5.56 Å². The van der Waals surface area contributed by atoms with Gasteiger partial charge in [-0.15, -0.1) is 0 Å². The summed E-state index contributed by atoms with van der Waals surface area (Å²) in [5.41, 5.74) is 8.87. The van der Waals surface area contributed by atoms with Gasteiger partial charge in [-0.3, -0.25) is 4.79 Å². The van der Waals surface area contributed by atoms with Gasteiger partial charge in [0.15, 0.2) is 0 Å². The van der Waals surface area contributed by atoms with Gasteiger partial charge in [0.05, 0.1) is 12.2 Å². The molecule has 2 aromatic heterocycles. The minimum absolute atomic E-state index is 0.0737. The first kappa shape index (κ1) is 12.9. The Bertz CT molecular complexity index is 850. The second kappa shape index (κ2) is 4.79. The average molecular weight is 333 g/mol. The van der Waals surface area contributed by atoms with Crippen molar-refractivity contribution in [3.8, 4) is 0 Å². The third-order valence-corrected chi connectivity index (χ3v) is 3.67. The Hall–Kier alpha value is -2.08. The van der Waals surface area contributed by atoms with Crippen LogP contribution in [0.5, 0.6) is 0 Å². The summed E-state index contributed by atoms with van der Waals surface area (Å²) in [6.07, 6.45) is 3.50. The highest BCUT2D eigenvalue weighted by Gasteiger charge is 2.07. The Morgan fingerprint density at radius 3 is 2.85 bits per heavy atom. The summed E-state index contributed by atoms with van der Waals surface area (Å²) in [5, 5.41) is 4.22. The number of nitrogens with zero attached hydrogens (tertiary/aromatic N) is 3. The van der Waals surface area contributed by atoms with Gasteiger partial charge in [-0.1, -0.05) is 22.0 Å². The van der Waals surface area contributed by atoms with E-state index in [1.54, 1.807) is 27.5 Å². The van der Waals surface area contributed by atoms with Gasteiger partial charge in [-0.05, 0) is 30.7 Å². The number of aryl methyl sites for hydroxylation is 1. The number of halogens is 1. The fourth-order valence-electron chi connectivity index (χ4n) is 2.17. The fourth-order valence-corrected chi connectivity index (χ4v) is 2.55. The topological polar surface area (TPSA) is 65.3 Å². The van der Waals surface area contributed by atoms with E-state index in [4.69, 9.17) is 5.73 Å². The second-order valence-electron chi connectivity index (χ2n) is 4.69. The van der Waals surface area contributed by atoms with Crippen molar-refractivity contribution in [3.63, 3.8) is 0 Å². The lowest BCUT2D eigenvalue weighted by molar-refractivity contribution is 0.743. The van der Waals surface area contributed by atoms with Crippen molar-refractivity contribution < 1.29 is 0 Å². The summed E-state index contributed by atoms with van der Waals surface area (Å²) in [6.45, 7) is 2.31. The van der Waals surface area contributed by atoms with Crippen molar-refractivity contribution in [3.05, 3.63) is 62.7 Å². The predicted molar refractivity (Wildman–Crippen MR) is 81.8 cm³/mol. The number of fused-ring (bicyclic) bond motifs is 1. The van der Waals surface area contributed by atoms with Crippen LogP contribution in [0.1, 0.15) is 11.3 Å². The molecule has 0 amide bonds. The largest absolute Gasteiger partial charge is 0.398 e. The third-order valence-electron chi connectivity index (χ3n) is 3.17. The first-order valence-electron chi connectivity index (χ1n) is 6.14. The van der Waals surface area contributed by atoms with Gasteiger partial charge in [0.1, 0.15) is 5.52 Å². The molecule has 6 heteroatoms. The Morgan fingerprint density at radius 2 is 2.10 bits per heavy atom. The molecular formula is C14H13BrN4O. The molecule has 0 aliphatic heterocycles. The zero-order valence-corrected chi connectivity index (χ0v) is 12.5. The Labute approximate surface area is 123 Å². The molecule has 1 aromatic carbocycles. The van der Waals surface area contributed by atoms with Gasteiger partial charge < -0.3 is 10.3 Å². The van der Waals surface area contributed by atoms with Crippen molar-refractivity contribution in [1.29, 1.82) is 0 Å². The lowest BCUT2D eigenvalue weighted by Crippen LogP contribution is -2.22. The molecule has 3 aromatic rings. The van der Waals surface area contributed by atoms with Crippen LogP contribution in [0.4, 0.5) is 5.69 Å². The summed E-state index contributed by atoms with van der Waals surface area (Å²) in [4.78, 5) is 12.4. The Morgan fingerprint density at radius 1 is 1.30 bits per heavy atom. The third kappa shape index (κ3) is 2.22. The summed E-state index contributed by atoms with van der Waals surface area (Å²) >= 11 is 3.37. The molecule has 0 atom stereocenters. The maximum atomic E-state index is 12.4. The van der Waals surface area contributed by atoms with Crippen LogP contribution in [-0.4, -0.2) is 14.2 Å². The number of nitrogens with two attached hydrogens (primary N) is 1.